The molecule has 266 valence electrons. The molecule has 0 fully saturated rings. The lowest BCUT2D eigenvalue weighted by Crippen LogP contribution is -2.74. The molecule has 0 saturated carbocycles. The fourth-order valence-corrected chi connectivity index (χ4v) is 22.8. The van der Waals surface area contributed by atoms with E-state index >= 15 is 0 Å². The predicted molar refractivity (Wildman–Crippen MR) is 235 cm³/mol. The van der Waals surface area contributed by atoms with E-state index in [1.807, 2.05) is 0 Å². The predicted octanol–water partition coefficient (Wildman–Crippen LogP) is 5.16. The van der Waals surface area contributed by atoms with Crippen LogP contribution in [0.25, 0.3) is 0 Å². The van der Waals surface area contributed by atoms with E-state index < -0.39 is 35.2 Å². The fourth-order valence-electron chi connectivity index (χ4n) is 7.18. The van der Waals surface area contributed by atoms with Gasteiger partial charge in [0.1, 0.15) is 0 Å². The molecule has 0 spiro atoms. The van der Waals surface area contributed by atoms with E-state index in [-0.39, 0.29) is 0 Å². The Balaban J connectivity index is 1.34. The Morgan fingerprint density at radius 2 is 0.418 bits per heavy atom. The van der Waals surface area contributed by atoms with Crippen LogP contribution in [0.2, 0.25) is 0 Å². The maximum atomic E-state index is 7.95. The molecule has 2 radical (unpaired) electrons. The van der Waals surface area contributed by atoms with Crippen LogP contribution in [0, 0.1) is 0 Å². The molecular weight excluding hydrogens is 737 g/mol. The van der Waals surface area contributed by atoms with Gasteiger partial charge >= 0.3 is 18.6 Å². The molecule has 0 bridgehead atoms. The van der Waals surface area contributed by atoms with Crippen LogP contribution < -0.4 is 41.5 Å². The van der Waals surface area contributed by atoms with Gasteiger partial charge in [0.15, 0.2) is 0 Å². The summed E-state index contributed by atoms with van der Waals surface area (Å²) >= 11 is 0. The molecule has 0 aromatic heterocycles. The molecule has 8 aromatic carbocycles. The van der Waals surface area contributed by atoms with Gasteiger partial charge in [-0.25, -0.2) is 0 Å². The van der Waals surface area contributed by atoms with Gasteiger partial charge in [-0.05, 0) is 41.5 Å². The third-order valence-electron chi connectivity index (χ3n) is 9.78. The molecule has 0 aliphatic heterocycles. The summed E-state index contributed by atoms with van der Waals surface area (Å²) in [6.07, 6.45) is 0. The van der Waals surface area contributed by atoms with Crippen LogP contribution in [0.4, 0.5) is 0 Å². The van der Waals surface area contributed by atoms with Crippen LogP contribution in [0.5, 0.6) is 0 Å². The third-order valence-corrected chi connectivity index (χ3v) is 23.7. The highest BCUT2D eigenvalue weighted by atomic mass is 28.5. The molecule has 0 atom stereocenters. The Kier molecular flexibility index (Phi) is 11.5. The van der Waals surface area contributed by atoms with Crippen molar-refractivity contribution in [3.63, 3.8) is 0 Å². The van der Waals surface area contributed by atoms with Crippen molar-refractivity contribution in [2.45, 2.75) is 0 Å². The molecule has 8 rings (SSSR count). The molecule has 3 nitrogen and oxygen atoms in total. The van der Waals surface area contributed by atoms with Crippen molar-refractivity contribution in [2.75, 3.05) is 0 Å². The molecule has 0 unspecified atom stereocenters. The van der Waals surface area contributed by atoms with E-state index in [0.717, 1.165) is 41.5 Å². The van der Waals surface area contributed by atoms with Gasteiger partial charge in [0.2, 0.25) is 0 Å². The van der Waals surface area contributed by atoms with E-state index in [4.69, 9.17) is 12.3 Å². The van der Waals surface area contributed by atoms with Gasteiger partial charge in [0.05, 0.1) is 0 Å². The van der Waals surface area contributed by atoms with Gasteiger partial charge in [0.25, 0.3) is 16.6 Å². The minimum atomic E-state index is -3.20. The lowest BCUT2D eigenvalue weighted by atomic mass is 10.3. The fraction of sp³-hybridized carbons (Fsp3) is 0. The second-order valence-electron chi connectivity index (χ2n) is 13.2. The number of hydrogen-bond donors (Lipinski definition) is 0. The van der Waals surface area contributed by atoms with Crippen LogP contribution >= 0.6 is 0 Å². The first-order chi connectivity index (χ1) is 27.3. The summed E-state index contributed by atoms with van der Waals surface area (Å²) in [5.74, 6) is 0. The van der Waals surface area contributed by atoms with E-state index in [1.165, 1.54) is 0 Å². The van der Waals surface area contributed by atoms with Gasteiger partial charge < -0.3 is 12.3 Å². The minimum Gasteiger partial charge on any atom is -0.421 e. The van der Waals surface area contributed by atoms with Gasteiger partial charge in [0, 0.05) is 0 Å². The molecular formula is C48H40O3Si4. The average molecular weight is 777 g/mol. The molecule has 0 aliphatic rings. The zero-order chi connectivity index (χ0) is 37.2. The van der Waals surface area contributed by atoms with E-state index in [2.05, 4.69) is 243 Å². The molecule has 55 heavy (non-hydrogen) atoms. The first-order valence-corrected chi connectivity index (χ1v) is 25.0. The number of benzene rings is 8. The topological polar surface area (TPSA) is 27.7 Å². The van der Waals surface area contributed by atoms with Gasteiger partial charge in [-0.2, -0.15) is 0 Å². The summed E-state index contributed by atoms with van der Waals surface area (Å²) in [6.45, 7) is 0. The van der Waals surface area contributed by atoms with Crippen LogP contribution in [0.15, 0.2) is 243 Å². The lowest BCUT2D eigenvalue weighted by Gasteiger charge is -2.39. The minimum absolute atomic E-state index is 1.03. The SMILES string of the molecule is c1ccc([Si](O[Si](O[Si](c2ccccc2)(c2ccccc2)c2ccccc2)c2ccccc2)O[Si](c2ccccc2)(c2ccccc2)c2ccccc2)cc1. The molecule has 7 heteroatoms. The zero-order valence-electron chi connectivity index (χ0n) is 30.3. The highest BCUT2D eigenvalue weighted by molar-refractivity contribution is 7.11. The Hall–Kier alpha value is -5.49. The van der Waals surface area contributed by atoms with Crippen molar-refractivity contribution >= 4 is 76.7 Å². The molecule has 0 aliphatic carbocycles. The second-order valence-corrected chi connectivity index (χ2v) is 24.1. The normalized spacial score (nSPS) is 11.8. The molecule has 0 N–H and O–H groups in total. The van der Waals surface area contributed by atoms with Gasteiger partial charge in [-0.15, -0.1) is 0 Å². The standard InChI is InChI=1S/C48H40O3Si4/c1-9-25-41(26-10-1)52(50-54(43-29-13-3-14-30-43,44-31-15-4-16-32-44)45-33-17-5-18-34-45)49-53(42-27-11-2-12-28-42)51-55(46-35-19-6-20-36-46,47-37-21-7-22-38-47)48-39-23-8-24-40-48/h1-40H. The first kappa shape index (κ1) is 36.5. The maximum absolute atomic E-state index is 7.95. The third kappa shape index (κ3) is 7.73. The Morgan fingerprint density at radius 1 is 0.236 bits per heavy atom. The van der Waals surface area contributed by atoms with Gasteiger partial charge in [-0.3, -0.25) is 0 Å². The van der Waals surface area contributed by atoms with E-state index in [0.29, 0.717) is 0 Å². The molecule has 0 amide bonds. The molecule has 8 aromatic rings. The molecule has 0 heterocycles. The quantitative estimate of drug-likeness (QED) is 0.113. The Morgan fingerprint density at radius 3 is 0.618 bits per heavy atom. The van der Waals surface area contributed by atoms with Crippen molar-refractivity contribution in [1.29, 1.82) is 0 Å². The van der Waals surface area contributed by atoms with Crippen LogP contribution in [-0.2, 0) is 12.3 Å². The highest BCUT2D eigenvalue weighted by Crippen LogP contribution is 2.17. The maximum Gasteiger partial charge on any atom is 0.404 e. The van der Waals surface area contributed by atoms with E-state index in [1.54, 1.807) is 0 Å². The summed E-state index contributed by atoms with van der Waals surface area (Å²) in [7, 11) is -10.9. The average Bonchev–Trinajstić information content (AvgIpc) is 3.29. The zero-order valence-corrected chi connectivity index (χ0v) is 34.3. The highest BCUT2D eigenvalue weighted by Gasteiger charge is 2.49. The summed E-state index contributed by atoms with van der Waals surface area (Å²) in [6, 6.07) is 85.4. The second kappa shape index (κ2) is 17.3. The number of hydrogen-bond acceptors (Lipinski definition) is 3. The van der Waals surface area contributed by atoms with Crippen molar-refractivity contribution in [1.82, 2.24) is 0 Å². The van der Waals surface area contributed by atoms with Crippen molar-refractivity contribution in [3.8, 4) is 0 Å². The Bertz CT molecular complexity index is 1980. The van der Waals surface area contributed by atoms with Crippen molar-refractivity contribution < 1.29 is 12.3 Å². The lowest BCUT2D eigenvalue weighted by molar-refractivity contribution is 0.395. The number of rotatable bonds is 14. The van der Waals surface area contributed by atoms with Crippen LogP contribution in [-0.4, -0.2) is 35.2 Å². The van der Waals surface area contributed by atoms with E-state index in [9.17, 15) is 0 Å². The van der Waals surface area contributed by atoms with Crippen LogP contribution in [0.3, 0.4) is 0 Å². The monoisotopic (exact) mass is 776 g/mol. The summed E-state index contributed by atoms with van der Waals surface area (Å²) in [4.78, 5) is 0. The smallest absolute Gasteiger partial charge is 0.404 e. The Labute approximate surface area is 330 Å². The largest absolute Gasteiger partial charge is 0.421 e. The summed E-state index contributed by atoms with van der Waals surface area (Å²) < 4.78 is 23.6. The summed E-state index contributed by atoms with van der Waals surface area (Å²) in [5, 5.41) is 9.00. The first-order valence-electron chi connectivity index (χ1n) is 18.5. The molecule has 0 saturated heterocycles. The summed E-state index contributed by atoms with van der Waals surface area (Å²) in [5.41, 5.74) is 0. The van der Waals surface area contributed by atoms with Gasteiger partial charge in [-0.1, -0.05) is 243 Å². The van der Waals surface area contributed by atoms with Crippen molar-refractivity contribution in [2.24, 2.45) is 0 Å². The van der Waals surface area contributed by atoms with Crippen molar-refractivity contribution in [3.05, 3.63) is 243 Å². The van der Waals surface area contributed by atoms with Crippen LogP contribution in [0.1, 0.15) is 0 Å².